The molecule has 1 heterocycles. The Hall–Kier alpha value is -0.610. The minimum absolute atomic E-state index is 0.323. The molecule has 0 radical (unpaired) electrons. The fourth-order valence-electron chi connectivity index (χ4n) is 1.12. The highest BCUT2D eigenvalue weighted by Gasteiger charge is 2.32. The van der Waals surface area contributed by atoms with E-state index in [1.807, 2.05) is 0 Å². The van der Waals surface area contributed by atoms with E-state index in [-0.39, 0.29) is 6.04 Å². The number of rotatable bonds is 3. The third-order valence-corrected chi connectivity index (χ3v) is 1.77. The van der Waals surface area contributed by atoms with Crippen LogP contribution in [0.2, 0.25) is 0 Å². The van der Waals surface area contributed by atoms with Crippen molar-refractivity contribution in [2.24, 2.45) is 5.73 Å². The number of carboxylic acid groups (broad SMARTS) is 1. The van der Waals surface area contributed by atoms with Crippen LogP contribution in [-0.4, -0.2) is 29.7 Å². The summed E-state index contributed by atoms with van der Waals surface area (Å²) in [5, 5.41) is 11.3. The van der Waals surface area contributed by atoms with Crippen LogP contribution in [0.4, 0.5) is 0 Å². The average molecular weight is 144 g/mol. The van der Waals surface area contributed by atoms with Gasteiger partial charge in [-0.25, -0.2) is 0 Å². The predicted octanol–water partition coefficient (Wildman–Crippen LogP) is -0.850. The summed E-state index contributed by atoms with van der Waals surface area (Å²) in [4.78, 5) is 10.2. The van der Waals surface area contributed by atoms with E-state index in [1.54, 1.807) is 0 Å². The summed E-state index contributed by atoms with van der Waals surface area (Å²) >= 11 is 0. The Kier molecular flexibility index (Phi) is 2.24. The second-order valence-electron chi connectivity index (χ2n) is 2.57. The standard InChI is InChI=1S/C6H12N2O2/c7-2-1-4-3-5(8-4)6(9)10/h4-5,8H,1-3,7H2,(H,9,10)/t4-,5+/m1/s1. The Morgan fingerprint density at radius 3 is 2.80 bits per heavy atom. The van der Waals surface area contributed by atoms with Crippen LogP contribution >= 0.6 is 0 Å². The molecule has 10 heavy (non-hydrogen) atoms. The van der Waals surface area contributed by atoms with Crippen LogP contribution in [0.3, 0.4) is 0 Å². The van der Waals surface area contributed by atoms with E-state index in [9.17, 15) is 4.79 Å². The molecule has 0 aromatic heterocycles. The molecule has 4 heteroatoms. The summed E-state index contributed by atoms with van der Waals surface area (Å²) in [5.74, 6) is -0.756. The topological polar surface area (TPSA) is 75.4 Å². The quantitative estimate of drug-likeness (QED) is 0.482. The third-order valence-electron chi connectivity index (χ3n) is 1.77. The van der Waals surface area contributed by atoms with E-state index in [2.05, 4.69) is 5.32 Å². The molecular weight excluding hydrogens is 132 g/mol. The van der Waals surface area contributed by atoms with Gasteiger partial charge in [0.25, 0.3) is 0 Å². The Balaban J connectivity index is 2.12. The van der Waals surface area contributed by atoms with Gasteiger partial charge in [0.2, 0.25) is 0 Å². The molecule has 0 aliphatic carbocycles. The van der Waals surface area contributed by atoms with E-state index >= 15 is 0 Å². The van der Waals surface area contributed by atoms with Crippen molar-refractivity contribution in [1.82, 2.24) is 5.32 Å². The molecule has 1 fully saturated rings. The molecule has 0 bridgehead atoms. The van der Waals surface area contributed by atoms with Crippen molar-refractivity contribution in [2.75, 3.05) is 6.54 Å². The first-order chi connectivity index (χ1) is 4.74. The van der Waals surface area contributed by atoms with E-state index in [1.165, 1.54) is 0 Å². The molecule has 1 aliphatic rings. The zero-order valence-corrected chi connectivity index (χ0v) is 5.71. The van der Waals surface area contributed by atoms with Crippen LogP contribution < -0.4 is 11.1 Å². The third kappa shape index (κ3) is 1.46. The minimum Gasteiger partial charge on any atom is -0.480 e. The summed E-state index contributed by atoms with van der Waals surface area (Å²) in [7, 11) is 0. The molecule has 1 saturated heterocycles. The number of nitrogens with one attached hydrogen (secondary N) is 1. The molecule has 58 valence electrons. The van der Waals surface area contributed by atoms with Crippen molar-refractivity contribution in [1.29, 1.82) is 0 Å². The maximum atomic E-state index is 10.2. The smallest absolute Gasteiger partial charge is 0.320 e. The highest BCUT2D eigenvalue weighted by atomic mass is 16.4. The Bertz CT molecular complexity index is 132. The molecule has 4 nitrogen and oxygen atoms in total. The number of hydrogen-bond donors (Lipinski definition) is 3. The van der Waals surface area contributed by atoms with Crippen molar-refractivity contribution < 1.29 is 9.90 Å². The van der Waals surface area contributed by atoms with Gasteiger partial charge in [-0.2, -0.15) is 0 Å². The number of carbonyl (C=O) groups is 1. The van der Waals surface area contributed by atoms with Gasteiger partial charge in [0, 0.05) is 6.04 Å². The molecule has 0 unspecified atom stereocenters. The molecule has 0 saturated carbocycles. The van der Waals surface area contributed by atoms with Gasteiger partial charge in [-0.15, -0.1) is 0 Å². The summed E-state index contributed by atoms with van der Waals surface area (Å²) in [6, 6.07) is 0.0163. The second-order valence-corrected chi connectivity index (χ2v) is 2.57. The first-order valence-electron chi connectivity index (χ1n) is 3.43. The molecule has 0 aromatic carbocycles. The Morgan fingerprint density at radius 2 is 2.40 bits per heavy atom. The van der Waals surface area contributed by atoms with E-state index in [0.717, 1.165) is 12.8 Å². The van der Waals surface area contributed by atoms with Crippen molar-refractivity contribution in [3.05, 3.63) is 0 Å². The van der Waals surface area contributed by atoms with Crippen molar-refractivity contribution in [3.8, 4) is 0 Å². The van der Waals surface area contributed by atoms with Crippen molar-refractivity contribution in [3.63, 3.8) is 0 Å². The Labute approximate surface area is 59.4 Å². The lowest BCUT2D eigenvalue weighted by atomic mass is 9.95. The zero-order valence-electron chi connectivity index (χ0n) is 5.71. The van der Waals surface area contributed by atoms with E-state index < -0.39 is 5.97 Å². The monoisotopic (exact) mass is 144 g/mol. The molecule has 0 amide bonds. The van der Waals surface area contributed by atoms with Crippen LogP contribution in [0.15, 0.2) is 0 Å². The van der Waals surface area contributed by atoms with Crippen LogP contribution in [0, 0.1) is 0 Å². The van der Waals surface area contributed by atoms with E-state index in [4.69, 9.17) is 10.8 Å². The largest absolute Gasteiger partial charge is 0.480 e. The minimum atomic E-state index is -0.756. The highest BCUT2D eigenvalue weighted by Crippen LogP contribution is 2.13. The van der Waals surface area contributed by atoms with Crippen LogP contribution in [-0.2, 0) is 4.79 Å². The molecule has 0 spiro atoms. The maximum Gasteiger partial charge on any atom is 0.320 e. The summed E-state index contributed by atoms with van der Waals surface area (Å²) in [5.41, 5.74) is 5.27. The summed E-state index contributed by atoms with van der Waals surface area (Å²) < 4.78 is 0. The fourth-order valence-corrected chi connectivity index (χ4v) is 1.12. The summed E-state index contributed by atoms with van der Waals surface area (Å²) in [6.07, 6.45) is 1.61. The first-order valence-corrected chi connectivity index (χ1v) is 3.43. The molecule has 1 rings (SSSR count). The second kappa shape index (κ2) is 2.98. The normalized spacial score (nSPS) is 31.3. The SMILES string of the molecule is NCC[C@@H]1C[C@@H](C(=O)O)N1. The molecule has 4 N–H and O–H groups in total. The highest BCUT2D eigenvalue weighted by molar-refractivity contribution is 5.74. The predicted molar refractivity (Wildman–Crippen MR) is 36.6 cm³/mol. The number of hydrogen-bond acceptors (Lipinski definition) is 3. The first kappa shape index (κ1) is 7.50. The van der Waals surface area contributed by atoms with Crippen LogP contribution in [0.1, 0.15) is 12.8 Å². The van der Waals surface area contributed by atoms with Gasteiger partial charge in [0.1, 0.15) is 6.04 Å². The van der Waals surface area contributed by atoms with Gasteiger partial charge >= 0.3 is 5.97 Å². The Morgan fingerprint density at radius 1 is 1.80 bits per heavy atom. The van der Waals surface area contributed by atoms with Crippen LogP contribution in [0.5, 0.6) is 0 Å². The fraction of sp³-hybridized carbons (Fsp3) is 0.833. The number of aliphatic carboxylic acids is 1. The number of nitrogens with two attached hydrogens (primary N) is 1. The average Bonchev–Trinajstić information content (AvgIpc) is 1.76. The zero-order chi connectivity index (χ0) is 7.56. The summed E-state index contributed by atoms with van der Waals surface area (Å²) in [6.45, 7) is 0.629. The lowest BCUT2D eigenvalue weighted by Crippen LogP contribution is -2.56. The van der Waals surface area contributed by atoms with Gasteiger partial charge in [-0.1, -0.05) is 0 Å². The molecule has 0 aromatic rings. The van der Waals surface area contributed by atoms with E-state index in [0.29, 0.717) is 12.6 Å². The van der Waals surface area contributed by atoms with Gasteiger partial charge in [-0.3, -0.25) is 4.79 Å². The van der Waals surface area contributed by atoms with Gasteiger partial charge < -0.3 is 16.2 Å². The van der Waals surface area contributed by atoms with Crippen molar-refractivity contribution in [2.45, 2.75) is 24.9 Å². The van der Waals surface area contributed by atoms with Gasteiger partial charge in [-0.05, 0) is 19.4 Å². The lowest BCUT2D eigenvalue weighted by Gasteiger charge is -2.33. The molecular formula is C6H12N2O2. The van der Waals surface area contributed by atoms with Crippen LogP contribution in [0.25, 0.3) is 0 Å². The lowest BCUT2D eigenvalue weighted by molar-refractivity contribution is -0.142. The van der Waals surface area contributed by atoms with Gasteiger partial charge in [0.15, 0.2) is 0 Å². The number of carboxylic acids is 1. The maximum absolute atomic E-state index is 10.2. The molecule has 1 aliphatic heterocycles. The van der Waals surface area contributed by atoms with Gasteiger partial charge in [0.05, 0.1) is 0 Å². The van der Waals surface area contributed by atoms with Crippen molar-refractivity contribution >= 4 is 5.97 Å². The molecule has 2 atom stereocenters.